The quantitative estimate of drug-likeness (QED) is 0.585. The van der Waals surface area contributed by atoms with Crippen LogP contribution in [0, 0.1) is 6.92 Å². The van der Waals surface area contributed by atoms with E-state index in [4.69, 9.17) is 14.6 Å². The second kappa shape index (κ2) is 4.50. The second-order valence-electron chi connectivity index (χ2n) is 5.26. The number of benzene rings is 2. The molecule has 0 spiro atoms. The molecule has 0 amide bonds. The summed E-state index contributed by atoms with van der Waals surface area (Å²) < 4.78 is 11.2. The first-order chi connectivity index (χ1) is 10.2. The maximum absolute atomic E-state index is 6.37. The normalized spacial score (nSPS) is 13.0. The topological polar surface area (TPSA) is 52.3 Å². The van der Waals surface area contributed by atoms with Crippen LogP contribution in [0.3, 0.4) is 0 Å². The molecule has 0 aliphatic carbocycles. The van der Waals surface area contributed by atoms with Crippen molar-refractivity contribution in [3.63, 3.8) is 0 Å². The highest BCUT2D eigenvalue weighted by atomic mass is 16.3. The molecule has 2 N–H and O–H groups in total. The van der Waals surface area contributed by atoms with Gasteiger partial charge in [-0.25, -0.2) is 0 Å². The fourth-order valence-corrected chi connectivity index (χ4v) is 2.83. The molecule has 0 aliphatic heterocycles. The van der Waals surface area contributed by atoms with Crippen molar-refractivity contribution in [3.05, 3.63) is 71.7 Å². The summed E-state index contributed by atoms with van der Waals surface area (Å²) in [6.07, 6.45) is 1.68. The van der Waals surface area contributed by atoms with Gasteiger partial charge in [0.15, 0.2) is 0 Å². The van der Waals surface area contributed by atoms with Crippen molar-refractivity contribution in [2.24, 2.45) is 5.73 Å². The molecule has 4 aromatic rings. The van der Waals surface area contributed by atoms with E-state index in [1.54, 1.807) is 6.26 Å². The standard InChI is InChI=1S/C18H15NO2/c1-11-13(8-9-20-11)18(19)12-6-7-17-15(10-12)14-4-2-3-5-16(14)21-17/h2-10,18H,19H2,1H3. The number of furan rings is 2. The number of hydrogen-bond acceptors (Lipinski definition) is 3. The highest BCUT2D eigenvalue weighted by Crippen LogP contribution is 2.32. The van der Waals surface area contributed by atoms with Gasteiger partial charge in [0, 0.05) is 16.3 Å². The van der Waals surface area contributed by atoms with E-state index in [0.29, 0.717) is 0 Å². The van der Waals surface area contributed by atoms with Crippen LogP contribution in [0.4, 0.5) is 0 Å². The lowest BCUT2D eigenvalue weighted by molar-refractivity contribution is 0.527. The summed E-state index contributed by atoms with van der Waals surface area (Å²) in [5.74, 6) is 0.861. The molecule has 0 fully saturated rings. The first-order valence-electron chi connectivity index (χ1n) is 6.95. The van der Waals surface area contributed by atoms with Crippen LogP contribution in [0.2, 0.25) is 0 Å². The largest absolute Gasteiger partial charge is 0.469 e. The molecule has 2 aromatic heterocycles. The first kappa shape index (κ1) is 12.2. The van der Waals surface area contributed by atoms with Gasteiger partial charge in [-0.1, -0.05) is 24.3 Å². The van der Waals surface area contributed by atoms with E-state index in [1.807, 2.05) is 43.3 Å². The van der Waals surface area contributed by atoms with Crippen molar-refractivity contribution < 1.29 is 8.83 Å². The Bertz CT molecular complexity index is 933. The minimum atomic E-state index is -0.193. The van der Waals surface area contributed by atoms with Crippen molar-refractivity contribution >= 4 is 21.9 Å². The first-order valence-corrected chi connectivity index (χ1v) is 6.95. The third kappa shape index (κ3) is 1.86. The zero-order chi connectivity index (χ0) is 14.4. The smallest absolute Gasteiger partial charge is 0.135 e. The maximum Gasteiger partial charge on any atom is 0.135 e. The number of hydrogen-bond donors (Lipinski definition) is 1. The van der Waals surface area contributed by atoms with E-state index in [9.17, 15) is 0 Å². The predicted molar refractivity (Wildman–Crippen MR) is 83.2 cm³/mol. The van der Waals surface area contributed by atoms with Gasteiger partial charge in [-0.05, 0) is 36.8 Å². The van der Waals surface area contributed by atoms with Crippen molar-refractivity contribution in [2.75, 3.05) is 0 Å². The lowest BCUT2D eigenvalue weighted by Crippen LogP contribution is -2.11. The highest BCUT2D eigenvalue weighted by molar-refractivity contribution is 6.05. The summed E-state index contributed by atoms with van der Waals surface area (Å²) in [4.78, 5) is 0. The average molecular weight is 277 g/mol. The molecule has 0 bridgehead atoms. The van der Waals surface area contributed by atoms with Crippen LogP contribution in [0.15, 0.2) is 63.6 Å². The molecule has 0 saturated carbocycles. The van der Waals surface area contributed by atoms with Gasteiger partial charge in [0.1, 0.15) is 16.9 Å². The molecule has 21 heavy (non-hydrogen) atoms. The third-order valence-electron chi connectivity index (χ3n) is 3.99. The third-order valence-corrected chi connectivity index (χ3v) is 3.99. The number of fused-ring (bicyclic) bond motifs is 3. The molecule has 1 unspecified atom stereocenters. The Balaban J connectivity index is 1.90. The number of rotatable bonds is 2. The zero-order valence-corrected chi connectivity index (χ0v) is 11.7. The van der Waals surface area contributed by atoms with Crippen LogP contribution in [0.25, 0.3) is 21.9 Å². The minimum absolute atomic E-state index is 0.193. The summed E-state index contributed by atoms with van der Waals surface area (Å²) in [5, 5.41) is 2.21. The van der Waals surface area contributed by atoms with Gasteiger partial charge in [0.2, 0.25) is 0 Å². The Hall–Kier alpha value is -2.52. The van der Waals surface area contributed by atoms with Crippen molar-refractivity contribution in [2.45, 2.75) is 13.0 Å². The fraction of sp³-hybridized carbons (Fsp3) is 0.111. The summed E-state index contributed by atoms with van der Waals surface area (Å²) in [5.41, 5.74) is 10.2. The van der Waals surface area contributed by atoms with E-state index in [-0.39, 0.29) is 6.04 Å². The molecule has 3 nitrogen and oxygen atoms in total. The van der Waals surface area contributed by atoms with E-state index in [2.05, 4.69) is 12.1 Å². The van der Waals surface area contributed by atoms with Gasteiger partial charge in [-0.15, -0.1) is 0 Å². The van der Waals surface area contributed by atoms with Crippen LogP contribution in [-0.2, 0) is 0 Å². The zero-order valence-electron chi connectivity index (χ0n) is 11.7. The van der Waals surface area contributed by atoms with Crippen LogP contribution in [0.5, 0.6) is 0 Å². The minimum Gasteiger partial charge on any atom is -0.469 e. The molecule has 1 atom stereocenters. The molecular formula is C18H15NO2. The Morgan fingerprint density at radius 3 is 2.57 bits per heavy atom. The summed E-state index contributed by atoms with van der Waals surface area (Å²) in [7, 11) is 0. The van der Waals surface area contributed by atoms with E-state index in [1.165, 1.54) is 0 Å². The fourth-order valence-electron chi connectivity index (χ4n) is 2.83. The molecule has 2 heterocycles. The lowest BCUT2D eigenvalue weighted by Gasteiger charge is -2.11. The molecule has 0 saturated heterocycles. The maximum atomic E-state index is 6.37. The SMILES string of the molecule is Cc1occc1C(N)c1ccc2oc3ccccc3c2c1. The Labute approximate surface area is 122 Å². The molecule has 3 heteroatoms. The van der Waals surface area contributed by atoms with Gasteiger partial charge in [0.05, 0.1) is 12.3 Å². The molecule has 0 aliphatic rings. The van der Waals surface area contributed by atoms with Gasteiger partial charge in [0.25, 0.3) is 0 Å². The van der Waals surface area contributed by atoms with Gasteiger partial charge < -0.3 is 14.6 Å². The highest BCUT2D eigenvalue weighted by Gasteiger charge is 2.15. The lowest BCUT2D eigenvalue weighted by atomic mass is 9.98. The van der Waals surface area contributed by atoms with E-state index in [0.717, 1.165) is 38.8 Å². The molecule has 4 rings (SSSR count). The van der Waals surface area contributed by atoms with Crippen molar-refractivity contribution in [1.29, 1.82) is 0 Å². The monoisotopic (exact) mass is 277 g/mol. The Kier molecular flexibility index (Phi) is 2.62. The predicted octanol–water partition coefficient (Wildman–Crippen LogP) is 4.54. The van der Waals surface area contributed by atoms with Crippen LogP contribution in [-0.4, -0.2) is 0 Å². The Morgan fingerprint density at radius 1 is 0.952 bits per heavy atom. The van der Waals surface area contributed by atoms with Crippen LogP contribution in [0.1, 0.15) is 22.9 Å². The number of nitrogens with two attached hydrogens (primary N) is 1. The van der Waals surface area contributed by atoms with Gasteiger partial charge in [-0.2, -0.15) is 0 Å². The molecule has 2 aromatic carbocycles. The molecule has 104 valence electrons. The summed E-state index contributed by atoms with van der Waals surface area (Å²) in [6, 6.07) is 15.9. The van der Waals surface area contributed by atoms with Gasteiger partial charge >= 0.3 is 0 Å². The Morgan fingerprint density at radius 2 is 1.76 bits per heavy atom. The molecular weight excluding hydrogens is 262 g/mol. The number of para-hydroxylation sites is 1. The average Bonchev–Trinajstić information content (AvgIpc) is 3.09. The number of aryl methyl sites for hydroxylation is 1. The van der Waals surface area contributed by atoms with Crippen LogP contribution < -0.4 is 5.73 Å². The molecule has 0 radical (unpaired) electrons. The van der Waals surface area contributed by atoms with Crippen molar-refractivity contribution in [1.82, 2.24) is 0 Å². The van der Waals surface area contributed by atoms with Crippen molar-refractivity contribution in [3.8, 4) is 0 Å². The van der Waals surface area contributed by atoms with Crippen LogP contribution >= 0.6 is 0 Å². The van der Waals surface area contributed by atoms with E-state index >= 15 is 0 Å². The summed E-state index contributed by atoms with van der Waals surface area (Å²) >= 11 is 0. The van der Waals surface area contributed by atoms with Gasteiger partial charge in [-0.3, -0.25) is 0 Å². The summed E-state index contributed by atoms with van der Waals surface area (Å²) in [6.45, 7) is 1.93. The van der Waals surface area contributed by atoms with E-state index < -0.39 is 0 Å². The second-order valence-corrected chi connectivity index (χ2v) is 5.26.